The quantitative estimate of drug-likeness (QED) is 0.741. The molecule has 166 valence electrons. The number of hydrogen-bond acceptors (Lipinski definition) is 4. The Kier molecular flexibility index (Phi) is 6.30. The van der Waals surface area contributed by atoms with Gasteiger partial charge in [0.15, 0.2) is 0 Å². The van der Waals surface area contributed by atoms with Crippen molar-refractivity contribution in [2.24, 2.45) is 0 Å². The molecule has 1 amide bonds. The van der Waals surface area contributed by atoms with Crippen LogP contribution >= 0.6 is 0 Å². The second-order valence-electron chi connectivity index (χ2n) is 9.48. The van der Waals surface area contributed by atoms with Gasteiger partial charge in [0, 0.05) is 11.8 Å². The summed E-state index contributed by atoms with van der Waals surface area (Å²) in [6.45, 7) is 9.77. The van der Waals surface area contributed by atoms with Gasteiger partial charge in [-0.3, -0.25) is 4.90 Å². The predicted octanol–water partition coefficient (Wildman–Crippen LogP) is 4.85. The molecule has 0 radical (unpaired) electrons. The van der Waals surface area contributed by atoms with Crippen LogP contribution in [0.3, 0.4) is 0 Å². The van der Waals surface area contributed by atoms with Crippen molar-refractivity contribution >= 4 is 12.1 Å². The van der Waals surface area contributed by atoms with Gasteiger partial charge in [0.1, 0.15) is 23.5 Å². The standard InChI is InChI=1S/C25H31NO5/c1-24(2,3)31-23(29)26-16-20(15-21(26)22(27)28)30-19-13-11-18(12-14-19)25(4,5)17-9-7-6-8-10-17/h6-14,20-21H,15-16H2,1-5H3,(H,27,28)/t20-,21-/m0/s1. The largest absolute Gasteiger partial charge is 0.488 e. The van der Waals surface area contributed by atoms with Crippen molar-refractivity contribution in [2.75, 3.05) is 6.54 Å². The number of nitrogens with zero attached hydrogens (tertiary/aromatic N) is 1. The zero-order chi connectivity index (χ0) is 22.8. The monoisotopic (exact) mass is 425 g/mol. The van der Waals surface area contributed by atoms with Gasteiger partial charge < -0.3 is 14.6 Å². The van der Waals surface area contributed by atoms with Crippen LogP contribution in [0.25, 0.3) is 0 Å². The molecule has 3 rings (SSSR count). The smallest absolute Gasteiger partial charge is 0.411 e. The van der Waals surface area contributed by atoms with Crippen LogP contribution in [-0.4, -0.2) is 46.4 Å². The lowest BCUT2D eigenvalue weighted by Gasteiger charge is -2.27. The summed E-state index contributed by atoms with van der Waals surface area (Å²) < 4.78 is 11.4. The van der Waals surface area contributed by atoms with E-state index in [0.717, 1.165) is 5.56 Å². The molecule has 1 heterocycles. The molecule has 6 heteroatoms. The van der Waals surface area contributed by atoms with Gasteiger partial charge in [0.05, 0.1) is 6.54 Å². The van der Waals surface area contributed by atoms with E-state index in [1.165, 1.54) is 10.5 Å². The number of carbonyl (C=O) groups is 2. The molecule has 1 aliphatic heterocycles. The van der Waals surface area contributed by atoms with Crippen molar-refractivity contribution < 1.29 is 24.2 Å². The molecule has 6 nitrogen and oxygen atoms in total. The maximum atomic E-state index is 12.4. The lowest BCUT2D eigenvalue weighted by Crippen LogP contribution is -2.43. The number of carboxylic acids is 1. The van der Waals surface area contributed by atoms with Gasteiger partial charge in [-0.2, -0.15) is 0 Å². The average molecular weight is 426 g/mol. The van der Waals surface area contributed by atoms with Crippen molar-refractivity contribution in [3.63, 3.8) is 0 Å². The maximum Gasteiger partial charge on any atom is 0.411 e. The third-order valence-electron chi connectivity index (χ3n) is 5.55. The molecule has 2 aromatic carbocycles. The molecule has 2 atom stereocenters. The normalized spacial score (nSPS) is 19.2. The highest BCUT2D eigenvalue weighted by atomic mass is 16.6. The molecule has 1 aliphatic rings. The van der Waals surface area contributed by atoms with E-state index in [4.69, 9.17) is 9.47 Å². The molecule has 0 aromatic heterocycles. The topological polar surface area (TPSA) is 76.1 Å². The van der Waals surface area contributed by atoms with Crippen LogP contribution in [0, 0.1) is 0 Å². The second kappa shape index (κ2) is 8.61. The van der Waals surface area contributed by atoms with Crippen molar-refractivity contribution in [1.29, 1.82) is 0 Å². The first-order valence-corrected chi connectivity index (χ1v) is 10.5. The molecule has 2 aromatic rings. The third kappa shape index (κ3) is 5.37. The van der Waals surface area contributed by atoms with Crippen molar-refractivity contribution in [2.45, 2.75) is 64.2 Å². The SMILES string of the molecule is CC(C)(C)OC(=O)N1C[C@@H](Oc2ccc(C(C)(C)c3ccccc3)cc2)C[C@H]1C(=O)O. The number of likely N-dealkylation sites (tertiary alicyclic amines) is 1. The second-order valence-corrected chi connectivity index (χ2v) is 9.48. The van der Waals surface area contributed by atoms with Crippen LogP contribution in [0.15, 0.2) is 54.6 Å². The molecule has 1 N–H and O–H groups in total. The van der Waals surface area contributed by atoms with Gasteiger partial charge in [0.25, 0.3) is 0 Å². The summed E-state index contributed by atoms with van der Waals surface area (Å²) in [6, 6.07) is 17.2. The molecule has 0 saturated carbocycles. The Bertz CT molecular complexity index is 915. The highest BCUT2D eigenvalue weighted by molar-refractivity contribution is 5.81. The molecular weight excluding hydrogens is 394 g/mol. The fraction of sp³-hybridized carbons (Fsp3) is 0.440. The minimum atomic E-state index is -1.06. The molecule has 0 unspecified atom stereocenters. The Morgan fingerprint density at radius 2 is 1.52 bits per heavy atom. The highest BCUT2D eigenvalue weighted by Gasteiger charge is 2.42. The number of rotatable bonds is 5. The van der Waals surface area contributed by atoms with E-state index in [0.29, 0.717) is 5.75 Å². The molecule has 31 heavy (non-hydrogen) atoms. The predicted molar refractivity (Wildman–Crippen MR) is 118 cm³/mol. The number of hydrogen-bond donors (Lipinski definition) is 1. The lowest BCUT2D eigenvalue weighted by molar-refractivity contribution is -0.142. The van der Waals surface area contributed by atoms with Gasteiger partial charge in [-0.25, -0.2) is 9.59 Å². The Morgan fingerprint density at radius 1 is 0.935 bits per heavy atom. The van der Waals surface area contributed by atoms with E-state index in [-0.39, 0.29) is 18.4 Å². The summed E-state index contributed by atoms with van der Waals surface area (Å²) in [6.07, 6.45) is -0.834. The zero-order valence-electron chi connectivity index (χ0n) is 18.8. The summed E-state index contributed by atoms with van der Waals surface area (Å²) in [5, 5.41) is 9.54. The first-order valence-electron chi connectivity index (χ1n) is 10.5. The lowest BCUT2D eigenvalue weighted by atomic mass is 9.78. The van der Waals surface area contributed by atoms with Gasteiger partial charge >= 0.3 is 12.1 Å². The van der Waals surface area contributed by atoms with E-state index in [2.05, 4.69) is 26.0 Å². The van der Waals surface area contributed by atoms with Crippen molar-refractivity contribution in [3.05, 3.63) is 65.7 Å². The molecular formula is C25H31NO5. The number of aliphatic carboxylic acids is 1. The van der Waals surface area contributed by atoms with E-state index in [9.17, 15) is 14.7 Å². The Morgan fingerprint density at radius 3 is 2.06 bits per heavy atom. The van der Waals surface area contributed by atoms with E-state index < -0.39 is 29.8 Å². The minimum Gasteiger partial charge on any atom is -0.488 e. The van der Waals surface area contributed by atoms with Gasteiger partial charge in [-0.15, -0.1) is 0 Å². The summed E-state index contributed by atoms with van der Waals surface area (Å²) in [4.78, 5) is 25.4. The van der Waals surface area contributed by atoms with Crippen molar-refractivity contribution in [1.82, 2.24) is 4.90 Å². The molecule has 0 spiro atoms. The molecule has 0 aliphatic carbocycles. The maximum absolute atomic E-state index is 12.4. The molecule has 0 bridgehead atoms. The van der Waals surface area contributed by atoms with Crippen LogP contribution in [0.2, 0.25) is 0 Å². The van der Waals surface area contributed by atoms with Gasteiger partial charge in [0.2, 0.25) is 0 Å². The van der Waals surface area contributed by atoms with E-state index in [1.54, 1.807) is 20.8 Å². The minimum absolute atomic E-state index is 0.158. The average Bonchev–Trinajstić information content (AvgIpc) is 3.12. The van der Waals surface area contributed by atoms with Crippen LogP contribution in [0.5, 0.6) is 5.75 Å². The van der Waals surface area contributed by atoms with Crippen LogP contribution in [0.4, 0.5) is 4.79 Å². The number of ether oxygens (including phenoxy) is 2. The van der Waals surface area contributed by atoms with E-state index >= 15 is 0 Å². The molecule has 1 saturated heterocycles. The van der Waals surface area contributed by atoms with E-state index in [1.807, 2.05) is 42.5 Å². The fourth-order valence-corrected chi connectivity index (χ4v) is 3.80. The van der Waals surface area contributed by atoms with Crippen molar-refractivity contribution in [3.8, 4) is 5.75 Å². The highest BCUT2D eigenvalue weighted by Crippen LogP contribution is 2.33. The Hall–Kier alpha value is -3.02. The van der Waals surface area contributed by atoms with Crippen LogP contribution in [-0.2, 0) is 14.9 Å². The summed E-state index contributed by atoms with van der Waals surface area (Å²) in [5.41, 5.74) is 1.52. The zero-order valence-corrected chi connectivity index (χ0v) is 18.8. The van der Waals surface area contributed by atoms with Gasteiger partial charge in [-0.05, 0) is 44.0 Å². The first-order chi connectivity index (χ1) is 14.5. The van der Waals surface area contributed by atoms with Crippen LogP contribution < -0.4 is 4.74 Å². The fourth-order valence-electron chi connectivity index (χ4n) is 3.80. The molecule has 1 fully saturated rings. The summed E-state index contributed by atoms with van der Waals surface area (Å²) in [7, 11) is 0. The van der Waals surface area contributed by atoms with Crippen LogP contribution in [0.1, 0.15) is 52.2 Å². The number of carboxylic acid groups (broad SMARTS) is 1. The number of amides is 1. The Labute approximate surface area is 183 Å². The Balaban J connectivity index is 1.70. The first kappa shape index (κ1) is 22.7. The summed E-state index contributed by atoms with van der Waals surface area (Å²) >= 11 is 0. The number of benzene rings is 2. The number of carbonyl (C=O) groups excluding carboxylic acids is 1. The van der Waals surface area contributed by atoms with Gasteiger partial charge in [-0.1, -0.05) is 56.3 Å². The third-order valence-corrected chi connectivity index (χ3v) is 5.55. The summed E-state index contributed by atoms with van der Waals surface area (Å²) in [5.74, 6) is -0.412.